The van der Waals surface area contributed by atoms with Crippen LogP contribution in [0.15, 0.2) is 12.3 Å². The molecule has 0 radical (unpaired) electrons. The number of hydrogen-bond acceptors (Lipinski definition) is 5. The monoisotopic (exact) mass is 247 g/mol. The van der Waals surface area contributed by atoms with E-state index < -0.39 is 0 Å². The number of rotatable bonds is 6. The van der Waals surface area contributed by atoms with Crippen molar-refractivity contribution in [3.63, 3.8) is 0 Å². The van der Waals surface area contributed by atoms with Crippen LogP contribution >= 0.6 is 0 Å². The second-order valence-electron chi connectivity index (χ2n) is 4.28. The van der Waals surface area contributed by atoms with Crippen molar-refractivity contribution in [2.45, 2.75) is 20.3 Å². The van der Waals surface area contributed by atoms with E-state index in [1.807, 2.05) is 19.9 Å². The van der Waals surface area contributed by atoms with E-state index >= 15 is 0 Å². The van der Waals surface area contributed by atoms with Crippen LogP contribution in [-0.4, -0.2) is 29.2 Å². The van der Waals surface area contributed by atoms with Crippen molar-refractivity contribution in [3.8, 4) is 6.07 Å². The molecule has 0 spiro atoms. The second kappa shape index (κ2) is 7.22. The highest BCUT2D eigenvalue weighted by Crippen LogP contribution is 2.07. The van der Waals surface area contributed by atoms with E-state index in [2.05, 4.69) is 20.8 Å². The highest BCUT2D eigenvalue weighted by atomic mass is 16.1. The van der Waals surface area contributed by atoms with Gasteiger partial charge in [-0.15, -0.1) is 5.10 Å². The molecule has 1 heterocycles. The maximum Gasteiger partial charge on any atom is 0.221 e. The number of hydrogen-bond donors (Lipinski definition) is 2. The molecule has 1 aromatic rings. The maximum absolute atomic E-state index is 11.4. The molecule has 0 atom stereocenters. The van der Waals surface area contributed by atoms with Crippen molar-refractivity contribution in [1.82, 2.24) is 15.5 Å². The van der Waals surface area contributed by atoms with Gasteiger partial charge in [0.05, 0.1) is 11.8 Å². The van der Waals surface area contributed by atoms with Crippen molar-refractivity contribution < 1.29 is 4.79 Å². The Hall–Kier alpha value is -2.16. The normalized spacial score (nSPS) is 9.89. The fraction of sp³-hybridized carbons (Fsp3) is 0.500. The Kier molecular flexibility index (Phi) is 5.58. The summed E-state index contributed by atoms with van der Waals surface area (Å²) in [5, 5.41) is 22.1. The predicted molar refractivity (Wildman–Crippen MR) is 67.7 cm³/mol. The van der Waals surface area contributed by atoms with E-state index in [1.165, 1.54) is 6.20 Å². The predicted octanol–water partition coefficient (Wildman–Crippen LogP) is 0.922. The molecule has 18 heavy (non-hydrogen) atoms. The molecule has 0 aliphatic carbocycles. The van der Waals surface area contributed by atoms with Gasteiger partial charge in [-0.2, -0.15) is 10.4 Å². The molecule has 0 fully saturated rings. The Bertz CT molecular complexity index is 438. The number of nitrogens with one attached hydrogen (secondary N) is 2. The minimum absolute atomic E-state index is 0.0152. The van der Waals surface area contributed by atoms with Gasteiger partial charge >= 0.3 is 0 Å². The number of carbonyl (C=O) groups excluding carboxylic acids is 1. The summed E-state index contributed by atoms with van der Waals surface area (Å²) in [5.74, 6) is 0.836. The Morgan fingerprint density at radius 1 is 1.56 bits per heavy atom. The van der Waals surface area contributed by atoms with Gasteiger partial charge in [0.1, 0.15) is 6.07 Å². The zero-order chi connectivity index (χ0) is 13.4. The van der Waals surface area contributed by atoms with Gasteiger partial charge in [-0.1, -0.05) is 13.8 Å². The summed E-state index contributed by atoms with van der Waals surface area (Å²) in [5.41, 5.74) is 0.424. The van der Waals surface area contributed by atoms with E-state index in [-0.39, 0.29) is 5.91 Å². The third-order valence-corrected chi connectivity index (χ3v) is 2.19. The van der Waals surface area contributed by atoms with E-state index in [9.17, 15) is 4.79 Å². The highest BCUT2D eigenvalue weighted by molar-refractivity contribution is 5.76. The van der Waals surface area contributed by atoms with Gasteiger partial charge in [0.2, 0.25) is 5.91 Å². The molecule has 0 saturated carbocycles. The first-order chi connectivity index (χ1) is 8.63. The lowest BCUT2D eigenvalue weighted by Crippen LogP contribution is -2.28. The molecule has 96 valence electrons. The molecule has 2 N–H and O–H groups in total. The number of aromatic nitrogens is 2. The summed E-state index contributed by atoms with van der Waals surface area (Å²) in [6.07, 6.45) is 1.80. The van der Waals surface area contributed by atoms with Crippen LogP contribution in [0.4, 0.5) is 5.82 Å². The fourth-order valence-electron chi connectivity index (χ4n) is 1.25. The quantitative estimate of drug-likeness (QED) is 0.780. The molecule has 1 aromatic heterocycles. The Balaban J connectivity index is 2.33. The van der Waals surface area contributed by atoms with Crippen LogP contribution in [0.25, 0.3) is 0 Å². The maximum atomic E-state index is 11.4. The minimum atomic E-state index is -0.0152. The molecule has 6 nitrogen and oxygen atoms in total. The van der Waals surface area contributed by atoms with Crippen molar-refractivity contribution in [2.24, 2.45) is 5.92 Å². The van der Waals surface area contributed by atoms with Crippen molar-refractivity contribution in [2.75, 3.05) is 18.4 Å². The van der Waals surface area contributed by atoms with Gasteiger partial charge < -0.3 is 10.6 Å². The van der Waals surface area contributed by atoms with Crippen molar-refractivity contribution in [3.05, 3.63) is 17.8 Å². The summed E-state index contributed by atoms with van der Waals surface area (Å²) in [7, 11) is 0. The number of nitriles is 1. The smallest absolute Gasteiger partial charge is 0.221 e. The van der Waals surface area contributed by atoms with Gasteiger partial charge in [0, 0.05) is 19.5 Å². The first-order valence-electron chi connectivity index (χ1n) is 5.86. The minimum Gasteiger partial charge on any atom is -0.367 e. The van der Waals surface area contributed by atoms with Crippen molar-refractivity contribution in [1.29, 1.82) is 5.26 Å². The molecule has 0 bridgehead atoms. The zero-order valence-corrected chi connectivity index (χ0v) is 10.6. The van der Waals surface area contributed by atoms with Crippen LogP contribution in [0.2, 0.25) is 0 Å². The average Bonchev–Trinajstić information content (AvgIpc) is 2.37. The first-order valence-corrected chi connectivity index (χ1v) is 5.86. The summed E-state index contributed by atoms with van der Waals surface area (Å²) in [4.78, 5) is 11.4. The first kappa shape index (κ1) is 13.9. The molecule has 0 aromatic carbocycles. The summed E-state index contributed by atoms with van der Waals surface area (Å²) in [6.45, 7) is 5.18. The van der Waals surface area contributed by atoms with Crippen LogP contribution in [0, 0.1) is 17.2 Å². The number of nitrogens with zero attached hydrogens (tertiary/aromatic N) is 3. The Morgan fingerprint density at radius 3 is 3.00 bits per heavy atom. The standard InChI is InChI=1S/C12H17N5O/c1-9(2)8-15-11(18)4-5-14-12-10(7-13)3-6-16-17-12/h3,6,9H,4-5,8H2,1-2H3,(H,14,17)(H,15,18). The molecule has 1 amide bonds. The molecule has 0 aliphatic rings. The van der Waals surface area contributed by atoms with Crippen molar-refractivity contribution >= 4 is 11.7 Å². The third kappa shape index (κ3) is 4.78. The highest BCUT2D eigenvalue weighted by Gasteiger charge is 2.05. The van der Waals surface area contributed by atoms with Gasteiger partial charge in [-0.05, 0) is 12.0 Å². The van der Waals surface area contributed by atoms with E-state index in [4.69, 9.17) is 5.26 Å². The number of amides is 1. The van der Waals surface area contributed by atoms with E-state index in [0.29, 0.717) is 36.8 Å². The molecule has 1 rings (SSSR count). The SMILES string of the molecule is CC(C)CNC(=O)CCNc1nnccc1C#N. The van der Waals surface area contributed by atoms with Gasteiger partial charge in [-0.25, -0.2) is 0 Å². The lowest BCUT2D eigenvalue weighted by atomic mass is 10.2. The zero-order valence-electron chi connectivity index (χ0n) is 10.6. The summed E-state index contributed by atoms with van der Waals surface area (Å²) < 4.78 is 0. The largest absolute Gasteiger partial charge is 0.367 e. The van der Waals surface area contributed by atoms with Gasteiger partial charge in [-0.3, -0.25) is 4.79 Å². The molecule has 0 aliphatic heterocycles. The molecular formula is C12H17N5O. The van der Waals surface area contributed by atoms with Crippen LogP contribution < -0.4 is 10.6 Å². The van der Waals surface area contributed by atoms with E-state index in [1.54, 1.807) is 6.07 Å². The molecule has 6 heteroatoms. The fourth-order valence-corrected chi connectivity index (χ4v) is 1.25. The summed E-state index contributed by atoms with van der Waals surface area (Å²) >= 11 is 0. The van der Waals surface area contributed by atoms with Gasteiger partial charge in [0.25, 0.3) is 0 Å². The Labute approximate surface area is 106 Å². The van der Waals surface area contributed by atoms with Crippen LogP contribution in [-0.2, 0) is 4.79 Å². The van der Waals surface area contributed by atoms with Crippen LogP contribution in [0.5, 0.6) is 0 Å². The molecule has 0 saturated heterocycles. The van der Waals surface area contributed by atoms with Crippen LogP contribution in [0.3, 0.4) is 0 Å². The Morgan fingerprint density at radius 2 is 2.33 bits per heavy atom. The summed E-state index contributed by atoms with van der Waals surface area (Å²) in [6, 6.07) is 3.59. The second-order valence-corrected chi connectivity index (χ2v) is 4.28. The third-order valence-electron chi connectivity index (χ3n) is 2.19. The van der Waals surface area contributed by atoms with Crippen LogP contribution in [0.1, 0.15) is 25.8 Å². The lowest BCUT2D eigenvalue weighted by molar-refractivity contribution is -0.120. The topological polar surface area (TPSA) is 90.7 Å². The van der Waals surface area contributed by atoms with E-state index in [0.717, 1.165) is 0 Å². The number of carbonyl (C=O) groups is 1. The average molecular weight is 247 g/mol. The molecule has 0 unspecified atom stereocenters. The lowest BCUT2D eigenvalue weighted by Gasteiger charge is -2.08. The van der Waals surface area contributed by atoms with Gasteiger partial charge in [0.15, 0.2) is 5.82 Å². The number of anilines is 1. The molecular weight excluding hydrogens is 230 g/mol.